The van der Waals surface area contributed by atoms with E-state index in [0.717, 1.165) is 0 Å². The third-order valence-electron chi connectivity index (χ3n) is 2.69. The van der Waals surface area contributed by atoms with Gasteiger partial charge in [-0.1, -0.05) is 6.92 Å². The number of amides is 2. The fourth-order valence-electron chi connectivity index (χ4n) is 1.74. The summed E-state index contributed by atoms with van der Waals surface area (Å²) in [6, 6.07) is 1.41. The fourth-order valence-corrected chi connectivity index (χ4v) is 1.74. The quantitative estimate of drug-likeness (QED) is 0.728. The minimum atomic E-state index is -0.281. The van der Waals surface area contributed by atoms with E-state index in [1.807, 2.05) is 6.92 Å². The van der Waals surface area contributed by atoms with Gasteiger partial charge in [0.1, 0.15) is 5.82 Å². The van der Waals surface area contributed by atoms with E-state index in [-0.39, 0.29) is 30.9 Å². The molecular formula is C11H14N4O2. The van der Waals surface area contributed by atoms with Crippen LogP contribution >= 0.6 is 0 Å². The summed E-state index contributed by atoms with van der Waals surface area (Å²) in [6.45, 7) is 2.25. The molecule has 1 N–H and O–H groups in total. The minimum Gasteiger partial charge on any atom is -0.297 e. The normalized spacial score (nSPS) is 20.8. The van der Waals surface area contributed by atoms with Gasteiger partial charge < -0.3 is 0 Å². The van der Waals surface area contributed by atoms with Gasteiger partial charge >= 0.3 is 0 Å². The number of aromatic nitrogens is 2. The zero-order valence-electron chi connectivity index (χ0n) is 9.59. The first-order chi connectivity index (χ1) is 8.22. The lowest BCUT2D eigenvalue weighted by Gasteiger charge is -2.30. The highest BCUT2D eigenvalue weighted by atomic mass is 16.2. The van der Waals surface area contributed by atoms with Crippen molar-refractivity contribution in [1.82, 2.24) is 20.2 Å². The molecule has 2 amide bonds. The van der Waals surface area contributed by atoms with Crippen molar-refractivity contribution in [1.29, 1.82) is 0 Å². The van der Waals surface area contributed by atoms with E-state index in [1.54, 1.807) is 18.5 Å². The zero-order valence-corrected chi connectivity index (χ0v) is 9.59. The predicted molar refractivity (Wildman–Crippen MR) is 59.7 cm³/mol. The van der Waals surface area contributed by atoms with Crippen LogP contribution in [0.1, 0.15) is 19.2 Å². The van der Waals surface area contributed by atoms with E-state index in [2.05, 4.69) is 15.3 Å². The van der Waals surface area contributed by atoms with Crippen molar-refractivity contribution in [2.24, 2.45) is 0 Å². The number of piperazine rings is 1. The molecule has 17 heavy (non-hydrogen) atoms. The van der Waals surface area contributed by atoms with Gasteiger partial charge in [0.15, 0.2) is 0 Å². The Morgan fingerprint density at radius 2 is 2.12 bits per heavy atom. The van der Waals surface area contributed by atoms with Crippen molar-refractivity contribution in [3.63, 3.8) is 0 Å². The molecule has 1 aromatic rings. The number of hydrogen-bond acceptors (Lipinski definition) is 5. The molecule has 1 aliphatic heterocycles. The monoisotopic (exact) mass is 234 g/mol. The van der Waals surface area contributed by atoms with Gasteiger partial charge in [0, 0.05) is 12.4 Å². The standard InChI is InChI=1S/C11H14N4O2/c1-2-8-11(17)15(10(16)6-14-8)7-9-12-4-3-5-13-9/h3-5,8,14H,2,6-7H2,1H3. The van der Waals surface area contributed by atoms with Crippen LogP contribution in [0.3, 0.4) is 0 Å². The van der Waals surface area contributed by atoms with Crippen LogP contribution in [0.25, 0.3) is 0 Å². The van der Waals surface area contributed by atoms with E-state index in [4.69, 9.17) is 0 Å². The van der Waals surface area contributed by atoms with Crippen LogP contribution in [0.5, 0.6) is 0 Å². The van der Waals surface area contributed by atoms with Gasteiger partial charge in [-0.15, -0.1) is 0 Å². The SMILES string of the molecule is CCC1NCC(=O)N(Cc2ncccn2)C1=O. The van der Waals surface area contributed by atoms with Gasteiger partial charge in [-0.05, 0) is 12.5 Å². The number of imide groups is 1. The molecule has 1 aliphatic rings. The Labute approximate surface area is 99.1 Å². The molecule has 0 aliphatic carbocycles. The van der Waals surface area contributed by atoms with Crippen molar-refractivity contribution in [3.8, 4) is 0 Å². The van der Waals surface area contributed by atoms with E-state index in [0.29, 0.717) is 12.2 Å². The average molecular weight is 234 g/mol. The molecule has 2 rings (SSSR count). The lowest BCUT2D eigenvalue weighted by Crippen LogP contribution is -2.57. The maximum absolute atomic E-state index is 12.0. The van der Waals surface area contributed by atoms with Crippen LogP contribution < -0.4 is 5.32 Å². The molecule has 1 atom stereocenters. The number of nitrogens with zero attached hydrogens (tertiary/aromatic N) is 3. The molecule has 1 unspecified atom stereocenters. The van der Waals surface area contributed by atoms with Gasteiger partial charge in [0.25, 0.3) is 0 Å². The summed E-state index contributed by atoms with van der Waals surface area (Å²) in [7, 11) is 0. The highest BCUT2D eigenvalue weighted by Crippen LogP contribution is 2.08. The molecule has 1 saturated heterocycles. The van der Waals surface area contributed by atoms with Gasteiger partial charge in [-0.3, -0.25) is 19.8 Å². The summed E-state index contributed by atoms with van der Waals surface area (Å²) < 4.78 is 0. The van der Waals surface area contributed by atoms with Crippen LogP contribution in [0.2, 0.25) is 0 Å². The molecular weight excluding hydrogens is 220 g/mol. The second kappa shape index (κ2) is 5.01. The molecule has 6 heteroatoms. The van der Waals surface area contributed by atoms with Crippen molar-refractivity contribution >= 4 is 11.8 Å². The average Bonchev–Trinajstić information content (AvgIpc) is 2.36. The number of hydrogen-bond donors (Lipinski definition) is 1. The molecule has 90 valence electrons. The first kappa shape index (κ1) is 11.7. The number of carbonyl (C=O) groups excluding carboxylic acids is 2. The molecule has 1 fully saturated rings. The third-order valence-corrected chi connectivity index (χ3v) is 2.69. The Bertz CT molecular complexity index is 421. The first-order valence-corrected chi connectivity index (χ1v) is 5.56. The molecule has 0 radical (unpaired) electrons. The van der Waals surface area contributed by atoms with Crippen LogP contribution in [0, 0.1) is 0 Å². The highest BCUT2D eigenvalue weighted by Gasteiger charge is 2.33. The number of nitrogens with one attached hydrogen (secondary N) is 1. The lowest BCUT2D eigenvalue weighted by molar-refractivity contribution is -0.150. The molecule has 2 heterocycles. The zero-order chi connectivity index (χ0) is 12.3. The molecule has 0 saturated carbocycles. The van der Waals surface area contributed by atoms with E-state index in [1.165, 1.54) is 4.90 Å². The van der Waals surface area contributed by atoms with Crippen molar-refractivity contribution in [3.05, 3.63) is 24.3 Å². The molecule has 0 spiro atoms. The van der Waals surface area contributed by atoms with E-state index in [9.17, 15) is 9.59 Å². The topological polar surface area (TPSA) is 75.2 Å². The fraction of sp³-hybridized carbons (Fsp3) is 0.455. The second-order valence-electron chi connectivity index (χ2n) is 3.82. The minimum absolute atomic E-state index is 0.149. The van der Waals surface area contributed by atoms with Crippen LogP contribution in [-0.4, -0.2) is 39.3 Å². The third kappa shape index (κ3) is 2.47. The Morgan fingerprint density at radius 3 is 2.76 bits per heavy atom. The van der Waals surface area contributed by atoms with Crippen molar-refractivity contribution < 1.29 is 9.59 Å². The molecule has 6 nitrogen and oxygen atoms in total. The maximum Gasteiger partial charge on any atom is 0.246 e. The Balaban J connectivity index is 2.13. The van der Waals surface area contributed by atoms with Crippen LogP contribution in [0.4, 0.5) is 0 Å². The van der Waals surface area contributed by atoms with Gasteiger partial charge in [0.05, 0.1) is 19.1 Å². The van der Waals surface area contributed by atoms with Crippen LogP contribution in [0.15, 0.2) is 18.5 Å². The summed E-state index contributed by atoms with van der Waals surface area (Å²) in [4.78, 5) is 32.9. The Morgan fingerprint density at radius 1 is 1.41 bits per heavy atom. The predicted octanol–water partition coefficient (Wildman–Crippen LogP) is -0.286. The largest absolute Gasteiger partial charge is 0.297 e. The molecule has 0 aromatic carbocycles. The maximum atomic E-state index is 12.0. The highest BCUT2D eigenvalue weighted by molar-refractivity contribution is 6.00. The number of rotatable bonds is 3. The lowest BCUT2D eigenvalue weighted by atomic mass is 10.1. The summed E-state index contributed by atoms with van der Waals surface area (Å²) in [5, 5.41) is 2.90. The summed E-state index contributed by atoms with van der Waals surface area (Å²) >= 11 is 0. The number of carbonyl (C=O) groups is 2. The van der Waals surface area contributed by atoms with E-state index < -0.39 is 0 Å². The van der Waals surface area contributed by atoms with Gasteiger partial charge in [-0.2, -0.15) is 0 Å². The molecule has 0 bridgehead atoms. The Hall–Kier alpha value is -1.82. The van der Waals surface area contributed by atoms with Gasteiger partial charge in [-0.25, -0.2) is 9.97 Å². The second-order valence-corrected chi connectivity index (χ2v) is 3.82. The van der Waals surface area contributed by atoms with E-state index >= 15 is 0 Å². The summed E-state index contributed by atoms with van der Waals surface area (Å²) in [5.41, 5.74) is 0. The van der Waals surface area contributed by atoms with Crippen molar-refractivity contribution in [2.45, 2.75) is 25.9 Å². The Kier molecular flexibility index (Phi) is 3.43. The van der Waals surface area contributed by atoms with Crippen molar-refractivity contribution in [2.75, 3.05) is 6.54 Å². The summed E-state index contributed by atoms with van der Waals surface area (Å²) in [6.07, 6.45) is 3.85. The smallest absolute Gasteiger partial charge is 0.246 e. The summed E-state index contributed by atoms with van der Waals surface area (Å²) in [5.74, 6) is 0.0503. The first-order valence-electron chi connectivity index (χ1n) is 5.56. The molecule has 1 aromatic heterocycles. The van der Waals surface area contributed by atoms with Crippen LogP contribution in [-0.2, 0) is 16.1 Å². The van der Waals surface area contributed by atoms with Gasteiger partial charge in [0.2, 0.25) is 11.8 Å².